The van der Waals surface area contributed by atoms with Crippen LogP contribution in [0.5, 0.6) is 0 Å². The van der Waals surface area contributed by atoms with Gasteiger partial charge in [-0.25, -0.2) is 0 Å². The van der Waals surface area contributed by atoms with Crippen molar-refractivity contribution >= 4 is 5.91 Å². The summed E-state index contributed by atoms with van der Waals surface area (Å²) in [6.07, 6.45) is 2.06. The Morgan fingerprint density at radius 2 is 1.58 bits per heavy atom. The average Bonchev–Trinajstić information content (AvgIpc) is 2.65. The summed E-state index contributed by atoms with van der Waals surface area (Å²) in [6, 6.07) is 21.2. The molecule has 1 aliphatic heterocycles. The first-order valence-corrected chi connectivity index (χ1v) is 9.47. The van der Waals surface area contributed by atoms with Gasteiger partial charge in [0.1, 0.15) is 0 Å². The highest BCUT2D eigenvalue weighted by atomic mass is 16.2. The van der Waals surface area contributed by atoms with Crippen LogP contribution in [0.4, 0.5) is 0 Å². The zero-order valence-corrected chi connectivity index (χ0v) is 15.6. The fourth-order valence-electron chi connectivity index (χ4n) is 3.55. The van der Waals surface area contributed by atoms with E-state index >= 15 is 0 Å². The highest BCUT2D eigenvalue weighted by molar-refractivity contribution is 5.78. The maximum atomic E-state index is 12.3. The van der Waals surface area contributed by atoms with Crippen molar-refractivity contribution in [1.29, 1.82) is 0 Å². The number of likely N-dealkylation sites (N-methyl/N-ethyl adjacent to an activating group) is 1. The lowest BCUT2D eigenvalue weighted by Gasteiger charge is -2.32. The van der Waals surface area contributed by atoms with Crippen LogP contribution in [0.1, 0.15) is 24.0 Å². The van der Waals surface area contributed by atoms with Crippen molar-refractivity contribution < 1.29 is 4.79 Å². The summed E-state index contributed by atoms with van der Waals surface area (Å²) in [7, 11) is 2.00. The molecule has 0 aromatic heterocycles. The molecule has 3 rings (SSSR count). The van der Waals surface area contributed by atoms with Crippen molar-refractivity contribution in [3.05, 3.63) is 71.8 Å². The molecular formula is C22H29N3O. The Morgan fingerprint density at radius 1 is 1.00 bits per heavy atom. The Labute approximate surface area is 156 Å². The molecule has 138 valence electrons. The summed E-state index contributed by atoms with van der Waals surface area (Å²) in [5.74, 6) is 0.130. The number of nitrogens with zero attached hydrogens (tertiary/aromatic N) is 2. The van der Waals surface area contributed by atoms with Crippen molar-refractivity contribution in [3.8, 4) is 0 Å². The average molecular weight is 351 g/mol. The van der Waals surface area contributed by atoms with Crippen molar-refractivity contribution in [2.45, 2.75) is 32.0 Å². The van der Waals surface area contributed by atoms with Crippen LogP contribution in [0.2, 0.25) is 0 Å². The molecule has 1 saturated heterocycles. The molecule has 4 heteroatoms. The molecule has 1 heterocycles. The summed E-state index contributed by atoms with van der Waals surface area (Å²) in [6.45, 7) is 4.32. The Bertz CT molecular complexity index is 666. The molecule has 0 saturated carbocycles. The molecular weight excluding hydrogens is 322 g/mol. The van der Waals surface area contributed by atoms with Gasteiger partial charge in [0, 0.05) is 32.2 Å². The van der Waals surface area contributed by atoms with Crippen LogP contribution >= 0.6 is 0 Å². The normalized spacial score (nSPS) is 15.9. The predicted molar refractivity (Wildman–Crippen MR) is 106 cm³/mol. The van der Waals surface area contributed by atoms with Crippen molar-refractivity contribution in [2.75, 3.05) is 26.7 Å². The van der Waals surface area contributed by atoms with Gasteiger partial charge in [0.25, 0.3) is 0 Å². The monoisotopic (exact) mass is 351 g/mol. The number of carbonyl (C=O) groups is 1. The smallest absolute Gasteiger partial charge is 0.234 e. The van der Waals surface area contributed by atoms with Gasteiger partial charge >= 0.3 is 0 Å². The molecule has 1 amide bonds. The minimum absolute atomic E-state index is 0.130. The molecule has 0 bridgehead atoms. The Balaban J connectivity index is 1.36. The Kier molecular flexibility index (Phi) is 6.81. The second kappa shape index (κ2) is 9.51. The fourth-order valence-corrected chi connectivity index (χ4v) is 3.55. The van der Waals surface area contributed by atoms with Gasteiger partial charge < -0.3 is 5.32 Å². The van der Waals surface area contributed by atoms with Gasteiger partial charge in [-0.3, -0.25) is 14.6 Å². The molecule has 2 aromatic carbocycles. The van der Waals surface area contributed by atoms with Gasteiger partial charge in [0.05, 0.1) is 6.54 Å². The van der Waals surface area contributed by atoms with E-state index in [1.54, 1.807) is 0 Å². The fraction of sp³-hybridized carbons (Fsp3) is 0.409. The van der Waals surface area contributed by atoms with Gasteiger partial charge in [-0.2, -0.15) is 0 Å². The number of nitrogens with one attached hydrogen (secondary N) is 1. The second-order valence-corrected chi connectivity index (χ2v) is 7.26. The van der Waals surface area contributed by atoms with E-state index in [4.69, 9.17) is 0 Å². The molecule has 1 N–H and O–H groups in total. The van der Waals surface area contributed by atoms with Crippen LogP contribution in [0.15, 0.2) is 60.7 Å². The summed E-state index contributed by atoms with van der Waals surface area (Å²) in [4.78, 5) is 16.9. The van der Waals surface area contributed by atoms with E-state index in [1.165, 1.54) is 11.1 Å². The van der Waals surface area contributed by atoms with Crippen LogP contribution in [-0.4, -0.2) is 48.4 Å². The maximum absolute atomic E-state index is 12.3. The summed E-state index contributed by atoms with van der Waals surface area (Å²) in [5, 5.41) is 3.21. The first-order valence-electron chi connectivity index (χ1n) is 9.47. The minimum Gasteiger partial charge on any atom is -0.352 e. The number of hydrogen-bond donors (Lipinski definition) is 1. The van der Waals surface area contributed by atoms with Gasteiger partial charge in [-0.1, -0.05) is 60.7 Å². The van der Waals surface area contributed by atoms with E-state index in [9.17, 15) is 4.79 Å². The number of likely N-dealkylation sites (tertiary alicyclic amines) is 1. The number of hydrogen-bond acceptors (Lipinski definition) is 3. The number of benzene rings is 2. The molecule has 0 aliphatic carbocycles. The number of rotatable bonds is 7. The largest absolute Gasteiger partial charge is 0.352 e. The highest BCUT2D eigenvalue weighted by Crippen LogP contribution is 2.14. The van der Waals surface area contributed by atoms with Crippen LogP contribution in [0.25, 0.3) is 0 Å². The summed E-state index contributed by atoms with van der Waals surface area (Å²) in [5.41, 5.74) is 2.59. The molecule has 26 heavy (non-hydrogen) atoms. The standard InChI is InChI=1S/C22H29N3O/c1-24(16-19-8-4-2-5-9-19)18-22(26)23-21-12-14-25(15-13-21)17-20-10-6-3-7-11-20/h2-11,21H,12-18H2,1H3,(H,23,26). The van der Waals surface area contributed by atoms with Gasteiger partial charge in [0.2, 0.25) is 5.91 Å². The van der Waals surface area contributed by atoms with E-state index in [1.807, 2.05) is 25.2 Å². The van der Waals surface area contributed by atoms with Crippen LogP contribution in [-0.2, 0) is 17.9 Å². The maximum Gasteiger partial charge on any atom is 0.234 e. The molecule has 1 aliphatic rings. The lowest BCUT2D eigenvalue weighted by molar-refractivity contribution is -0.123. The zero-order chi connectivity index (χ0) is 18.2. The quantitative estimate of drug-likeness (QED) is 0.833. The second-order valence-electron chi connectivity index (χ2n) is 7.26. The summed E-state index contributed by atoms with van der Waals surface area (Å²) >= 11 is 0. The van der Waals surface area contributed by atoms with Crippen LogP contribution in [0.3, 0.4) is 0 Å². The van der Waals surface area contributed by atoms with Crippen LogP contribution < -0.4 is 5.32 Å². The highest BCUT2D eigenvalue weighted by Gasteiger charge is 2.21. The van der Waals surface area contributed by atoms with E-state index in [0.29, 0.717) is 12.6 Å². The SMILES string of the molecule is CN(CC(=O)NC1CCN(Cc2ccccc2)CC1)Cc1ccccc1. The number of amides is 1. The van der Waals surface area contributed by atoms with Gasteiger partial charge in [-0.05, 0) is 31.0 Å². The molecule has 0 atom stereocenters. The van der Waals surface area contributed by atoms with Gasteiger partial charge in [-0.15, -0.1) is 0 Å². The first-order chi connectivity index (χ1) is 12.7. The third kappa shape index (κ3) is 5.97. The lowest BCUT2D eigenvalue weighted by atomic mass is 10.0. The van der Waals surface area contributed by atoms with Crippen molar-refractivity contribution in [1.82, 2.24) is 15.1 Å². The van der Waals surface area contributed by atoms with E-state index in [2.05, 4.69) is 57.6 Å². The number of carbonyl (C=O) groups excluding carboxylic acids is 1. The van der Waals surface area contributed by atoms with Crippen LogP contribution in [0, 0.1) is 0 Å². The Morgan fingerprint density at radius 3 is 2.19 bits per heavy atom. The zero-order valence-electron chi connectivity index (χ0n) is 15.6. The first kappa shape index (κ1) is 18.6. The van der Waals surface area contributed by atoms with Gasteiger partial charge in [0.15, 0.2) is 0 Å². The Hall–Kier alpha value is -2.17. The van der Waals surface area contributed by atoms with E-state index in [-0.39, 0.29) is 5.91 Å². The number of piperidine rings is 1. The molecule has 1 fully saturated rings. The van der Waals surface area contributed by atoms with Crippen molar-refractivity contribution in [3.63, 3.8) is 0 Å². The molecule has 0 spiro atoms. The third-order valence-electron chi connectivity index (χ3n) is 4.91. The third-order valence-corrected chi connectivity index (χ3v) is 4.91. The molecule has 0 radical (unpaired) electrons. The topological polar surface area (TPSA) is 35.6 Å². The summed E-state index contributed by atoms with van der Waals surface area (Å²) < 4.78 is 0. The van der Waals surface area contributed by atoms with Crippen molar-refractivity contribution in [2.24, 2.45) is 0 Å². The van der Waals surface area contributed by atoms with E-state index in [0.717, 1.165) is 39.0 Å². The van der Waals surface area contributed by atoms with E-state index < -0.39 is 0 Å². The lowest BCUT2D eigenvalue weighted by Crippen LogP contribution is -2.46. The molecule has 0 unspecified atom stereocenters. The minimum atomic E-state index is 0.130. The predicted octanol–water partition coefficient (Wildman–Crippen LogP) is 2.90. The molecule has 2 aromatic rings. The molecule has 4 nitrogen and oxygen atoms in total.